The largest absolute Gasteiger partial charge is 0.493 e. The van der Waals surface area contributed by atoms with Gasteiger partial charge in [-0.3, -0.25) is 4.79 Å². The fraction of sp³-hybridized carbons (Fsp3) is 0.238. The molecule has 0 saturated carbocycles. The number of benzene rings is 2. The van der Waals surface area contributed by atoms with Gasteiger partial charge in [0.1, 0.15) is 0 Å². The minimum Gasteiger partial charge on any atom is -0.493 e. The first kappa shape index (κ1) is 21.3. The number of amides is 1. The Balaban J connectivity index is 1.84. The van der Waals surface area contributed by atoms with Crippen LogP contribution in [0.1, 0.15) is 18.1 Å². The van der Waals surface area contributed by atoms with E-state index in [0.29, 0.717) is 22.2 Å². The van der Waals surface area contributed by atoms with Crippen molar-refractivity contribution in [1.29, 1.82) is 0 Å². The van der Waals surface area contributed by atoms with Gasteiger partial charge in [0.05, 0.1) is 7.11 Å². The smallest absolute Gasteiger partial charge is 0.344 e. The van der Waals surface area contributed by atoms with E-state index in [1.807, 2.05) is 25.1 Å². The Labute approximate surface area is 169 Å². The van der Waals surface area contributed by atoms with Crippen molar-refractivity contribution < 1.29 is 23.8 Å². The number of hydrogen-bond acceptors (Lipinski definition) is 5. The lowest BCUT2D eigenvalue weighted by molar-refractivity contribution is -0.149. The number of allylic oxidation sites excluding steroid dienone is 1. The average Bonchev–Trinajstić information content (AvgIpc) is 2.69. The molecule has 28 heavy (non-hydrogen) atoms. The van der Waals surface area contributed by atoms with E-state index in [0.717, 1.165) is 11.1 Å². The number of esters is 1. The minimum absolute atomic E-state index is 0.344. The number of carbonyl (C=O) groups is 2. The highest BCUT2D eigenvalue weighted by atomic mass is 35.5. The molecule has 0 atom stereocenters. The van der Waals surface area contributed by atoms with Crippen LogP contribution >= 0.6 is 11.6 Å². The Morgan fingerprint density at radius 1 is 1.14 bits per heavy atom. The maximum Gasteiger partial charge on any atom is 0.344 e. The monoisotopic (exact) mass is 403 g/mol. The molecule has 0 aliphatic rings. The van der Waals surface area contributed by atoms with Crippen molar-refractivity contribution in [3.05, 3.63) is 58.6 Å². The van der Waals surface area contributed by atoms with Gasteiger partial charge in [0, 0.05) is 10.7 Å². The van der Waals surface area contributed by atoms with E-state index >= 15 is 0 Å². The summed E-state index contributed by atoms with van der Waals surface area (Å²) in [6.07, 6.45) is 3.82. The first-order valence-corrected chi connectivity index (χ1v) is 8.96. The molecule has 2 aromatic rings. The molecule has 0 fully saturated rings. The number of hydrogen-bond donors (Lipinski definition) is 1. The van der Waals surface area contributed by atoms with Gasteiger partial charge in [-0.15, -0.1) is 0 Å². The zero-order valence-electron chi connectivity index (χ0n) is 16.0. The normalized spacial score (nSPS) is 10.6. The molecule has 0 radical (unpaired) electrons. The Kier molecular flexibility index (Phi) is 7.89. The molecular formula is C21H22ClNO5. The molecule has 0 saturated heterocycles. The molecule has 7 heteroatoms. The van der Waals surface area contributed by atoms with Crippen molar-refractivity contribution in [3.8, 4) is 11.5 Å². The molecule has 2 rings (SSSR count). The predicted octanol–water partition coefficient (Wildman–Crippen LogP) is 4.25. The molecule has 0 unspecified atom stereocenters. The molecule has 0 heterocycles. The fourth-order valence-corrected chi connectivity index (χ4v) is 2.53. The number of methoxy groups -OCH3 is 1. The molecule has 0 aliphatic heterocycles. The van der Waals surface area contributed by atoms with Crippen LogP contribution in [-0.2, 0) is 14.3 Å². The van der Waals surface area contributed by atoms with Crippen LogP contribution in [0.25, 0.3) is 6.08 Å². The van der Waals surface area contributed by atoms with Crippen LogP contribution in [0.5, 0.6) is 11.5 Å². The summed E-state index contributed by atoms with van der Waals surface area (Å²) in [5.41, 5.74) is 2.25. The van der Waals surface area contributed by atoms with Crippen LogP contribution in [0, 0.1) is 6.92 Å². The zero-order valence-corrected chi connectivity index (χ0v) is 16.7. The lowest BCUT2D eigenvalue weighted by Gasteiger charge is -2.12. The standard InChI is InChI=1S/C21H22ClNO5/c1-4-6-15-9-10-18(19(11-15)26-3)27-13-21(25)28-12-20(24)23-17-8-5-7-16(22)14(17)2/h4-11H,12-13H2,1-3H3,(H,23,24)/b6-4+. The number of carbonyl (C=O) groups excluding carboxylic acids is 2. The third-order valence-corrected chi connectivity index (χ3v) is 4.21. The van der Waals surface area contributed by atoms with E-state index in [4.69, 9.17) is 25.8 Å². The Morgan fingerprint density at radius 3 is 2.64 bits per heavy atom. The summed E-state index contributed by atoms with van der Waals surface area (Å²) in [5, 5.41) is 3.19. The second-order valence-corrected chi connectivity index (χ2v) is 6.23. The maximum atomic E-state index is 12.0. The molecular weight excluding hydrogens is 382 g/mol. The van der Waals surface area contributed by atoms with Gasteiger partial charge in [-0.1, -0.05) is 35.9 Å². The second-order valence-electron chi connectivity index (χ2n) is 5.82. The van der Waals surface area contributed by atoms with Crippen molar-refractivity contribution in [3.63, 3.8) is 0 Å². The van der Waals surface area contributed by atoms with E-state index < -0.39 is 18.5 Å². The maximum absolute atomic E-state index is 12.0. The molecule has 6 nitrogen and oxygen atoms in total. The molecule has 0 aliphatic carbocycles. The van der Waals surface area contributed by atoms with E-state index in [1.165, 1.54) is 7.11 Å². The van der Waals surface area contributed by atoms with Gasteiger partial charge in [0.15, 0.2) is 24.7 Å². The van der Waals surface area contributed by atoms with Gasteiger partial charge in [0.2, 0.25) is 0 Å². The number of ether oxygens (including phenoxy) is 3. The lowest BCUT2D eigenvalue weighted by atomic mass is 10.2. The zero-order chi connectivity index (χ0) is 20.5. The fourth-order valence-electron chi connectivity index (χ4n) is 2.35. The molecule has 0 aromatic heterocycles. The summed E-state index contributed by atoms with van der Waals surface area (Å²) in [6.45, 7) is 2.93. The number of rotatable bonds is 8. The number of nitrogens with one attached hydrogen (secondary N) is 1. The summed E-state index contributed by atoms with van der Waals surface area (Å²) in [7, 11) is 1.52. The summed E-state index contributed by atoms with van der Waals surface area (Å²) in [6, 6.07) is 10.5. The number of halogens is 1. The van der Waals surface area contributed by atoms with Gasteiger partial charge >= 0.3 is 5.97 Å². The Bertz CT molecular complexity index is 879. The van der Waals surface area contributed by atoms with Crippen molar-refractivity contribution in [2.45, 2.75) is 13.8 Å². The van der Waals surface area contributed by atoms with E-state index in [1.54, 1.807) is 37.3 Å². The third kappa shape index (κ3) is 6.03. The van der Waals surface area contributed by atoms with Gasteiger partial charge in [0.25, 0.3) is 5.91 Å². The molecule has 0 spiro atoms. The summed E-state index contributed by atoms with van der Waals surface area (Å²) >= 11 is 6.01. The van der Waals surface area contributed by atoms with Gasteiger partial charge < -0.3 is 19.5 Å². The highest BCUT2D eigenvalue weighted by molar-refractivity contribution is 6.31. The first-order valence-electron chi connectivity index (χ1n) is 8.58. The third-order valence-electron chi connectivity index (χ3n) is 3.80. The van der Waals surface area contributed by atoms with E-state index in [9.17, 15) is 9.59 Å². The lowest BCUT2D eigenvalue weighted by Crippen LogP contribution is -2.24. The van der Waals surface area contributed by atoms with Crippen LogP contribution in [0.4, 0.5) is 5.69 Å². The van der Waals surface area contributed by atoms with Gasteiger partial charge in [-0.05, 0) is 49.2 Å². The SMILES string of the molecule is C/C=C/c1ccc(OCC(=O)OCC(=O)Nc2cccc(Cl)c2C)c(OC)c1. The number of anilines is 1. The van der Waals surface area contributed by atoms with Crippen LogP contribution in [0.15, 0.2) is 42.5 Å². The van der Waals surface area contributed by atoms with Crippen LogP contribution < -0.4 is 14.8 Å². The summed E-state index contributed by atoms with van der Waals surface area (Å²) < 4.78 is 15.6. The van der Waals surface area contributed by atoms with Gasteiger partial charge in [-0.2, -0.15) is 0 Å². The molecule has 148 valence electrons. The first-order chi connectivity index (χ1) is 13.4. The molecule has 2 aromatic carbocycles. The summed E-state index contributed by atoms with van der Waals surface area (Å²) in [4.78, 5) is 23.8. The van der Waals surface area contributed by atoms with E-state index in [-0.39, 0.29) is 6.61 Å². The van der Waals surface area contributed by atoms with Crippen molar-refractivity contribution in [2.75, 3.05) is 25.6 Å². The second kappa shape index (κ2) is 10.4. The highest BCUT2D eigenvalue weighted by Gasteiger charge is 2.12. The van der Waals surface area contributed by atoms with Crippen LogP contribution in [0.3, 0.4) is 0 Å². The van der Waals surface area contributed by atoms with Crippen molar-refractivity contribution in [1.82, 2.24) is 0 Å². The highest BCUT2D eigenvalue weighted by Crippen LogP contribution is 2.28. The minimum atomic E-state index is -0.669. The van der Waals surface area contributed by atoms with Crippen LogP contribution in [0.2, 0.25) is 5.02 Å². The Hall–Kier alpha value is -2.99. The summed E-state index contributed by atoms with van der Waals surface area (Å²) in [5.74, 6) is -0.228. The van der Waals surface area contributed by atoms with E-state index in [2.05, 4.69) is 5.32 Å². The molecule has 1 amide bonds. The average molecular weight is 404 g/mol. The quantitative estimate of drug-likeness (QED) is 0.667. The van der Waals surface area contributed by atoms with Crippen molar-refractivity contribution >= 4 is 35.2 Å². The van der Waals surface area contributed by atoms with Gasteiger partial charge in [-0.25, -0.2) is 4.79 Å². The van der Waals surface area contributed by atoms with Crippen molar-refractivity contribution in [2.24, 2.45) is 0 Å². The topological polar surface area (TPSA) is 73.9 Å². The van der Waals surface area contributed by atoms with Crippen LogP contribution in [-0.4, -0.2) is 32.2 Å². The molecule has 0 bridgehead atoms. The predicted molar refractivity (Wildman–Crippen MR) is 109 cm³/mol. The Morgan fingerprint density at radius 2 is 1.93 bits per heavy atom. The molecule has 1 N–H and O–H groups in total.